The summed E-state index contributed by atoms with van der Waals surface area (Å²) >= 11 is 0. The number of likely N-dealkylation sites (N-methyl/N-ethyl adjacent to an activating group) is 1. The molecule has 21 heavy (non-hydrogen) atoms. The van der Waals surface area contributed by atoms with Crippen molar-refractivity contribution in [3.8, 4) is 0 Å². The molecule has 2 bridgehead atoms. The number of esters is 1. The maximum atomic E-state index is 11.6. The number of nitrogens with zero attached hydrogens (tertiary/aromatic N) is 2. The number of carbonyl (C=O) groups excluding carboxylic acids is 1. The third kappa shape index (κ3) is 2.58. The summed E-state index contributed by atoms with van der Waals surface area (Å²) in [6.45, 7) is 2.03. The van der Waals surface area contributed by atoms with Crippen LogP contribution in [0, 0.1) is 0 Å². The van der Waals surface area contributed by atoms with Crippen LogP contribution in [0.5, 0.6) is 0 Å². The zero-order chi connectivity index (χ0) is 15.0. The number of hydrogen-bond donors (Lipinski definition) is 1. The molecule has 0 aromatic heterocycles. The van der Waals surface area contributed by atoms with E-state index < -0.39 is 0 Å². The lowest BCUT2D eigenvalue weighted by molar-refractivity contribution is 0.0601. The molecule has 2 aliphatic heterocycles. The predicted octanol–water partition coefficient (Wildman–Crippen LogP) is 1.73. The SMILES string of the molecule is COC(=O)c1ccc(N2CCC3CCC(C2)N3C)c(N)c1. The molecule has 3 rings (SSSR count). The first-order chi connectivity index (χ1) is 10.1. The Balaban J connectivity index is 1.82. The first-order valence-corrected chi connectivity index (χ1v) is 7.55. The predicted molar refractivity (Wildman–Crippen MR) is 83.6 cm³/mol. The van der Waals surface area contributed by atoms with Crippen LogP contribution in [0.15, 0.2) is 18.2 Å². The molecule has 114 valence electrons. The molecule has 2 atom stereocenters. The molecule has 0 radical (unpaired) electrons. The maximum absolute atomic E-state index is 11.6. The Bertz CT molecular complexity index is 546. The number of hydrogen-bond acceptors (Lipinski definition) is 5. The van der Waals surface area contributed by atoms with E-state index in [0.717, 1.165) is 18.8 Å². The average molecular weight is 289 g/mol. The highest BCUT2D eigenvalue weighted by molar-refractivity contribution is 5.92. The second kappa shape index (κ2) is 5.56. The van der Waals surface area contributed by atoms with Crippen LogP contribution in [0.1, 0.15) is 29.6 Å². The number of nitrogens with two attached hydrogens (primary N) is 1. The molecule has 0 saturated carbocycles. The van der Waals surface area contributed by atoms with Gasteiger partial charge >= 0.3 is 5.97 Å². The summed E-state index contributed by atoms with van der Waals surface area (Å²) in [4.78, 5) is 16.4. The highest BCUT2D eigenvalue weighted by atomic mass is 16.5. The van der Waals surface area contributed by atoms with E-state index in [1.54, 1.807) is 12.1 Å². The molecule has 2 fully saturated rings. The topological polar surface area (TPSA) is 58.8 Å². The van der Waals surface area contributed by atoms with Crippen molar-refractivity contribution in [2.75, 3.05) is 37.9 Å². The second-order valence-electron chi connectivity index (χ2n) is 6.05. The van der Waals surface area contributed by atoms with Gasteiger partial charge in [0.1, 0.15) is 0 Å². The highest BCUT2D eigenvalue weighted by Gasteiger charge is 2.35. The Hall–Kier alpha value is -1.75. The van der Waals surface area contributed by atoms with Gasteiger partial charge in [0.15, 0.2) is 0 Å². The van der Waals surface area contributed by atoms with Crippen LogP contribution >= 0.6 is 0 Å². The molecule has 2 unspecified atom stereocenters. The third-order valence-electron chi connectivity index (χ3n) is 4.94. The van der Waals surface area contributed by atoms with Crippen LogP contribution in [0.2, 0.25) is 0 Å². The van der Waals surface area contributed by atoms with Gasteiger partial charge in [0.05, 0.1) is 24.0 Å². The number of methoxy groups -OCH3 is 1. The number of nitrogen functional groups attached to an aromatic ring is 1. The van der Waals surface area contributed by atoms with Gasteiger partial charge < -0.3 is 15.4 Å². The van der Waals surface area contributed by atoms with Gasteiger partial charge in [-0.2, -0.15) is 0 Å². The molecule has 1 aromatic carbocycles. The molecule has 2 aliphatic rings. The number of ether oxygens (including phenoxy) is 1. The summed E-state index contributed by atoms with van der Waals surface area (Å²) in [6, 6.07) is 6.77. The fraction of sp³-hybridized carbons (Fsp3) is 0.562. The Labute approximate surface area is 125 Å². The summed E-state index contributed by atoms with van der Waals surface area (Å²) in [6.07, 6.45) is 3.74. The first-order valence-electron chi connectivity index (χ1n) is 7.55. The van der Waals surface area contributed by atoms with Gasteiger partial charge in [0.2, 0.25) is 0 Å². The summed E-state index contributed by atoms with van der Waals surface area (Å²) in [5, 5.41) is 0. The van der Waals surface area contributed by atoms with Crippen LogP contribution in [0.3, 0.4) is 0 Å². The number of carbonyl (C=O) groups is 1. The number of fused-ring (bicyclic) bond motifs is 2. The fourth-order valence-electron chi connectivity index (χ4n) is 3.61. The molecule has 5 nitrogen and oxygen atoms in total. The smallest absolute Gasteiger partial charge is 0.337 e. The lowest BCUT2D eigenvalue weighted by atomic mass is 10.1. The highest BCUT2D eigenvalue weighted by Crippen LogP contribution is 2.33. The molecule has 2 N–H and O–H groups in total. The molecular formula is C16H23N3O2. The van der Waals surface area contributed by atoms with E-state index in [1.807, 2.05) is 6.07 Å². The summed E-state index contributed by atoms with van der Waals surface area (Å²) in [7, 11) is 3.61. The zero-order valence-corrected chi connectivity index (χ0v) is 12.7. The lowest BCUT2D eigenvalue weighted by Crippen LogP contribution is -2.36. The van der Waals surface area contributed by atoms with Crippen molar-refractivity contribution >= 4 is 17.3 Å². The minimum absolute atomic E-state index is 0.345. The van der Waals surface area contributed by atoms with Crippen LogP contribution < -0.4 is 10.6 Å². The van der Waals surface area contributed by atoms with Gasteiger partial charge in [-0.05, 0) is 44.5 Å². The lowest BCUT2D eigenvalue weighted by Gasteiger charge is -2.28. The van der Waals surface area contributed by atoms with E-state index in [2.05, 4.69) is 16.8 Å². The molecule has 0 spiro atoms. The van der Waals surface area contributed by atoms with Gasteiger partial charge in [-0.15, -0.1) is 0 Å². The van der Waals surface area contributed by atoms with Gasteiger partial charge in [-0.25, -0.2) is 4.79 Å². The van der Waals surface area contributed by atoms with Crippen molar-refractivity contribution in [1.29, 1.82) is 0 Å². The minimum atomic E-state index is -0.345. The number of rotatable bonds is 2. The van der Waals surface area contributed by atoms with Crippen LogP contribution in [-0.2, 0) is 4.74 Å². The Morgan fingerprint density at radius 2 is 2.05 bits per heavy atom. The minimum Gasteiger partial charge on any atom is -0.465 e. The second-order valence-corrected chi connectivity index (χ2v) is 6.05. The monoisotopic (exact) mass is 289 g/mol. The quantitative estimate of drug-likeness (QED) is 0.664. The summed E-state index contributed by atoms with van der Waals surface area (Å²) in [5.41, 5.74) is 8.35. The fourth-order valence-corrected chi connectivity index (χ4v) is 3.61. The van der Waals surface area contributed by atoms with Crippen molar-refractivity contribution in [3.05, 3.63) is 23.8 Å². The summed E-state index contributed by atoms with van der Waals surface area (Å²) < 4.78 is 4.74. The maximum Gasteiger partial charge on any atom is 0.337 e. The Morgan fingerprint density at radius 3 is 2.76 bits per heavy atom. The molecule has 0 aliphatic carbocycles. The van der Waals surface area contributed by atoms with E-state index in [1.165, 1.54) is 26.4 Å². The Kier molecular flexibility index (Phi) is 3.76. The van der Waals surface area contributed by atoms with Gasteiger partial charge in [0, 0.05) is 25.2 Å². The zero-order valence-electron chi connectivity index (χ0n) is 12.7. The van der Waals surface area contributed by atoms with E-state index >= 15 is 0 Å². The third-order valence-corrected chi connectivity index (χ3v) is 4.94. The molecule has 2 saturated heterocycles. The molecule has 1 aromatic rings. The molecule has 5 heteroatoms. The number of benzene rings is 1. The van der Waals surface area contributed by atoms with Crippen LogP contribution in [0.25, 0.3) is 0 Å². The van der Waals surface area contributed by atoms with Gasteiger partial charge in [-0.1, -0.05) is 0 Å². The van der Waals surface area contributed by atoms with Crippen LogP contribution in [-0.4, -0.2) is 50.2 Å². The van der Waals surface area contributed by atoms with Crippen molar-refractivity contribution in [2.24, 2.45) is 0 Å². The van der Waals surface area contributed by atoms with Gasteiger partial charge in [-0.3, -0.25) is 4.90 Å². The van der Waals surface area contributed by atoms with Crippen molar-refractivity contribution in [1.82, 2.24) is 4.90 Å². The van der Waals surface area contributed by atoms with E-state index in [-0.39, 0.29) is 5.97 Å². The summed E-state index contributed by atoms with van der Waals surface area (Å²) in [5.74, 6) is -0.345. The van der Waals surface area contributed by atoms with E-state index in [4.69, 9.17) is 10.5 Å². The van der Waals surface area contributed by atoms with Gasteiger partial charge in [0.25, 0.3) is 0 Å². The van der Waals surface area contributed by atoms with Crippen molar-refractivity contribution in [3.63, 3.8) is 0 Å². The molecule has 0 amide bonds. The molecular weight excluding hydrogens is 266 g/mol. The van der Waals surface area contributed by atoms with E-state index in [9.17, 15) is 4.79 Å². The van der Waals surface area contributed by atoms with E-state index in [0.29, 0.717) is 23.3 Å². The first kappa shape index (κ1) is 14.2. The average Bonchev–Trinajstić information content (AvgIpc) is 2.72. The van der Waals surface area contributed by atoms with Crippen molar-refractivity contribution < 1.29 is 9.53 Å². The molecule has 2 heterocycles. The standard InChI is InChI=1S/C16H23N3O2/c1-18-12-4-5-13(18)10-19(8-7-12)15-6-3-11(9-14(15)17)16(20)21-2/h3,6,9,12-13H,4-5,7-8,10,17H2,1-2H3. The van der Waals surface area contributed by atoms with Crippen LogP contribution in [0.4, 0.5) is 11.4 Å². The largest absolute Gasteiger partial charge is 0.465 e. The normalized spacial score (nSPS) is 25.7. The number of anilines is 2. The van der Waals surface area contributed by atoms with Crippen molar-refractivity contribution in [2.45, 2.75) is 31.3 Å². The Morgan fingerprint density at radius 1 is 1.29 bits per heavy atom.